The first-order valence-corrected chi connectivity index (χ1v) is 12.3. The van der Waals surface area contributed by atoms with Gasteiger partial charge >= 0.3 is 6.03 Å². The molecule has 2 saturated heterocycles. The Balaban J connectivity index is 1.25. The highest BCUT2D eigenvalue weighted by molar-refractivity contribution is 6.09. The van der Waals surface area contributed by atoms with Crippen molar-refractivity contribution in [2.75, 3.05) is 44.2 Å². The van der Waals surface area contributed by atoms with Crippen molar-refractivity contribution in [1.82, 2.24) is 15.1 Å². The summed E-state index contributed by atoms with van der Waals surface area (Å²) >= 11 is 0. The molecule has 2 fully saturated rings. The number of fused-ring (bicyclic) bond motifs is 1. The molecule has 0 aromatic heterocycles. The molecule has 2 aliphatic rings. The largest absolute Gasteiger partial charge is 0.492 e. The van der Waals surface area contributed by atoms with Gasteiger partial charge in [0.15, 0.2) is 0 Å². The highest BCUT2D eigenvalue weighted by Crippen LogP contribution is 2.32. The van der Waals surface area contributed by atoms with Crippen molar-refractivity contribution in [1.29, 1.82) is 0 Å². The van der Waals surface area contributed by atoms with Crippen molar-refractivity contribution in [3.8, 4) is 5.75 Å². The van der Waals surface area contributed by atoms with E-state index in [0.29, 0.717) is 38.3 Å². The van der Waals surface area contributed by atoms with Crippen LogP contribution in [-0.2, 0) is 15.1 Å². The van der Waals surface area contributed by atoms with Gasteiger partial charge in [0.2, 0.25) is 5.91 Å². The number of carbonyl (C=O) groups is 3. The molecule has 8 nitrogen and oxygen atoms in total. The quantitative estimate of drug-likeness (QED) is 0.541. The Hall–Kier alpha value is -4.07. The first kappa shape index (κ1) is 23.7. The molecule has 0 spiro atoms. The van der Waals surface area contributed by atoms with Gasteiger partial charge in [0.1, 0.15) is 17.8 Å². The minimum absolute atomic E-state index is 0.237. The predicted molar refractivity (Wildman–Crippen MR) is 138 cm³/mol. The zero-order chi connectivity index (χ0) is 25.3. The van der Waals surface area contributed by atoms with Gasteiger partial charge in [-0.05, 0) is 48.4 Å². The number of nitrogens with zero attached hydrogens (tertiary/aromatic N) is 3. The highest BCUT2D eigenvalue weighted by atomic mass is 16.5. The number of imide groups is 1. The summed E-state index contributed by atoms with van der Waals surface area (Å²) in [5.74, 6) is 0.173. The van der Waals surface area contributed by atoms with Gasteiger partial charge in [0.25, 0.3) is 5.91 Å². The van der Waals surface area contributed by atoms with Crippen LogP contribution in [0.15, 0.2) is 66.7 Å². The molecule has 1 N–H and O–H groups in total. The van der Waals surface area contributed by atoms with Crippen molar-refractivity contribution < 1.29 is 19.1 Å². The number of amides is 4. The van der Waals surface area contributed by atoms with E-state index in [9.17, 15) is 14.4 Å². The summed E-state index contributed by atoms with van der Waals surface area (Å²) in [6.45, 7) is 6.25. The van der Waals surface area contributed by atoms with Crippen LogP contribution in [0.25, 0.3) is 10.8 Å². The highest BCUT2D eigenvalue weighted by Gasteiger charge is 2.49. The summed E-state index contributed by atoms with van der Waals surface area (Å²) in [7, 11) is 0. The van der Waals surface area contributed by atoms with Gasteiger partial charge in [-0.1, -0.05) is 48.5 Å². The Bertz CT molecular complexity index is 1320. The summed E-state index contributed by atoms with van der Waals surface area (Å²) in [5, 5.41) is 4.85. The maximum atomic E-state index is 13.4. The van der Waals surface area contributed by atoms with Crippen LogP contribution in [0.1, 0.15) is 19.4 Å². The lowest BCUT2D eigenvalue weighted by atomic mass is 9.90. The average molecular weight is 487 g/mol. The van der Waals surface area contributed by atoms with Crippen LogP contribution in [0, 0.1) is 0 Å². The summed E-state index contributed by atoms with van der Waals surface area (Å²) in [6.07, 6.45) is 0. The Kier molecular flexibility index (Phi) is 6.26. The van der Waals surface area contributed by atoms with Crippen molar-refractivity contribution in [2.24, 2.45) is 0 Å². The SMILES string of the molecule is CCOc1ccccc1N1CCN(C(=O)CN2C(=O)NC(C)(c3ccc4ccccc4c3)C2=O)CC1. The summed E-state index contributed by atoms with van der Waals surface area (Å²) in [5.41, 5.74) is 0.478. The number of carbonyl (C=O) groups excluding carboxylic acids is 3. The molecule has 5 rings (SSSR count). The van der Waals surface area contributed by atoms with Crippen molar-refractivity contribution in [2.45, 2.75) is 19.4 Å². The molecule has 0 radical (unpaired) electrons. The van der Waals surface area contributed by atoms with Gasteiger partial charge in [0, 0.05) is 26.2 Å². The lowest BCUT2D eigenvalue weighted by molar-refractivity contribution is -0.139. The molecule has 3 aromatic carbocycles. The topological polar surface area (TPSA) is 82.2 Å². The number of hydrogen-bond acceptors (Lipinski definition) is 5. The normalized spacial score (nSPS) is 20.1. The average Bonchev–Trinajstić information content (AvgIpc) is 3.12. The van der Waals surface area contributed by atoms with Gasteiger partial charge in [-0.25, -0.2) is 4.79 Å². The van der Waals surface area contributed by atoms with Crippen LogP contribution in [0.4, 0.5) is 10.5 Å². The van der Waals surface area contributed by atoms with E-state index >= 15 is 0 Å². The van der Waals surface area contributed by atoms with E-state index in [0.717, 1.165) is 27.1 Å². The van der Waals surface area contributed by atoms with Crippen LogP contribution < -0.4 is 15.0 Å². The predicted octanol–water partition coefficient (Wildman–Crippen LogP) is 3.35. The molecule has 1 atom stereocenters. The minimum atomic E-state index is -1.22. The zero-order valence-corrected chi connectivity index (χ0v) is 20.6. The third kappa shape index (κ3) is 4.23. The second-order valence-electron chi connectivity index (χ2n) is 9.28. The summed E-state index contributed by atoms with van der Waals surface area (Å²) in [6, 6.07) is 20.9. The number of benzene rings is 3. The number of ether oxygens (including phenoxy) is 1. The molecule has 8 heteroatoms. The van der Waals surface area contributed by atoms with Crippen LogP contribution in [-0.4, -0.2) is 67.0 Å². The number of hydrogen-bond donors (Lipinski definition) is 1. The number of piperazine rings is 1. The van der Waals surface area contributed by atoms with E-state index in [1.165, 1.54) is 0 Å². The second-order valence-corrected chi connectivity index (χ2v) is 9.28. The Morgan fingerprint density at radius 1 is 0.944 bits per heavy atom. The van der Waals surface area contributed by atoms with E-state index in [1.54, 1.807) is 11.8 Å². The molecule has 36 heavy (non-hydrogen) atoms. The maximum absolute atomic E-state index is 13.4. The molecule has 0 aliphatic carbocycles. The van der Waals surface area contributed by atoms with Crippen molar-refractivity contribution >= 4 is 34.3 Å². The van der Waals surface area contributed by atoms with E-state index in [1.807, 2.05) is 73.7 Å². The fourth-order valence-electron chi connectivity index (χ4n) is 4.96. The number of para-hydroxylation sites is 2. The van der Waals surface area contributed by atoms with Crippen LogP contribution in [0.2, 0.25) is 0 Å². The van der Waals surface area contributed by atoms with Crippen molar-refractivity contribution in [3.05, 3.63) is 72.3 Å². The monoisotopic (exact) mass is 486 g/mol. The zero-order valence-electron chi connectivity index (χ0n) is 20.6. The van der Waals surface area contributed by atoms with Crippen LogP contribution in [0.3, 0.4) is 0 Å². The maximum Gasteiger partial charge on any atom is 0.325 e. The lowest BCUT2D eigenvalue weighted by Gasteiger charge is -2.37. The van der Waals surface area contributed by atoms with Crippen LogP contribution >= 0.6 is 0 Å². The fourth-order valence-corrected chi connectivity index (χ4v) is 4.96. The Morgan fingerprint density at radius 3 is 2.39 bits per heavy atom. The minimum Gasteiger partial charge on any atom is -0.492 e. The molecular formula is C28H30N4O4. The van der Waals surface area contributed by atoms with Crippen molar-refractivity contribution in [3.63, 3.8) is 0 Å². The molecule has 1 unspecified atom stereocenters. The molecule has 0 saturated carbocycles. The van der Waals surface area contributed by atoms with E-state index < -0.39 is 17.5 Å². The van der Waals surface area contributed by atoms with Gasteiger partial charge < -0.3 is 19.9 Å². The molecule has 3 aromatic rings. The van der Waals surface area contributed by atoms with E-state index in [-0.39, 0.29) is 12.5 Å². The lowest BCUT2D eigenvalue weighted by Crippen LogP contribution is -2.52. The van der Waals surface area contributed by atoms with Crippen LogP contribution in [0.5, 0.6) is 5.75 Å². The standard InChI is InChI=1S/C28H30N4O4/c1-3-36-24-11-7-6-10-23(24)30-14-16-31(17-15-30)25(33)19-32-26(34)28(2,29-27(32)35)22-13-12-20-8-4-5-9-21(20)18-22/h4-13,18H,3,14-17,19H2,1-2H3,(H,29,35). The first-order valence-electron chi connectivity index (χ1n) is 12.3. The van der Waals surface area contributed by atoms with Gasteiger partial charge in [-0.3, -0.25) is 14.5 Å². The molecule has 186 valence electrons. The van der Waals surface area contributed by atoms with E-state index in [4.69, 9.17) is 4.74 Å². The Labute approximate surface area is 210 Å². The number of anilines is 1. The smallest absolute Gasteiger partial charge is 0.325 e. The molecule has 2 aliphatic heterocycles. The fraction of sp³-hybridized carbons (Fsp3) is 0.321. The molecule has 0 bridgehead atoms. The first-order chi connectivity index (χ1) is 17.4. The van der Waals surface area contributed by atoms with Gasteiger partial charge in [-0.2, -0.15) is 0 Å². The third-order valence-electron chi connectivity index (χ3n) is 7.03. The van der Waals surface area contributed by atoms with Gasteiger partial charge in [0.05, 0.1) is 12.3 Å². The number of urea groups is 1. The summed E-state index contributed by atoms with van der Waals surface area (Å²) < 4.78 is 5.75. The third-order valence-corrected chi connectivity index (χ3v) is 7.03. The Morgan fingerprint density at radius 2 is 1.64 bits per heavy atom. The number of nitrogens with one attached hydrogen (secondary N) is 1. The van der Waals surface area contributed by atoms with E-state index in [2.05, 4.69) is 10.2 Å². The van der Waals surface area contributed by atoms with Gasteiger partial charge in [-0.15, -0.1) is 0 Å². The molecule has 2 heterocycles. The summed E-state index contributed by atoms with van der Waals surface area (Å²) in [4.78, 5) is 44.2. The molecule has 4 amide bonds. The molecular weight excluding hydrogens is 456 g/mol. The second kappa shape index (κ2) is 9.53. The number of rotatable bonds is 6.